The number of nitrogens with zero attached hydrogens (tertiary/aromatic N) is 1. The SMILES string of the molecule is O=C(C=C1CCC1)NCc1ccccc1CN1CCCC1CO. The fraction of sp³-hybridized carbons (Fsp3) is 0.526. The van der Waals surface area contributed by atoms with E-state index in [1.165, 1.54) is 17.6 Å². The minimum absolute atomic E-state index is 0.0175. The predicted molar refractivity (Wildman–Crippen MR) is 90.7 cm³/mol. The Balaban J connectivity index is 1.60. The molecular weight excluding hydrogens is 288 g/mol. The third-order valence-corrected chi connectivity index (χ3v) is 4.99. The third-order valence-electron chi connectivity index (χ3n) is 4.99. The zero-order valence-corrected chi connectivity index (χ0v) is 13.6. The molecule has 23 heavy (non-hydrogen) atoms. The standard InChI is InChI=1S/C19H26N2O2/c22-14-18-9-4-10-21(18)13-17-8-2-1-7-16(17)12-20-19(23)11-15-5-3-6-15/h1-2,7-8,11,18,22H,3-6,9-10,12-14H2,(H,20,23). The minimum atomic E-state index is 0.0175. The van der Waals surface area contributed by atoms with Crippen LogP contribution in [-0.4, -0.2) is 35.1 Å². The Morgan fingerprint density at radius 1 is 1.26 bits per heavy atom. The van der Waals surface area contributed by atoms with Crippen LogP contribution in [0.15, 0.2) is 35.9 Å². The summed E-state index contributed by atoms with van der Waals surface area (Å²) in [5.41, 5.74) is 3.67. The smallest absolute Gasteiger partial charge is 0.244 e. The molecule has 1 heterocycles. The van der Waals surface area contributed by atoms with Crippen LogP contribution < -0.4 is 5.32 Å². The van der Waals surface area contributed by atoms with E-state index in [0.29, 0.717) is 6.54 Å². The molecule has 1 saturated heterocycles. The number of amides is 1. The summed E-state index contributed by atoms with van der Waals surface area (Å²) < 4.78 is 0. The summed E-state index contributed by atoms with van der Waals surface area (Å²) in [5.74, 6) is 0.0175. The summed E-state index contributed by atoms with van der Waals surface area (Å²) in [6, 6.07) is 8.54. The zero-order chi connectivity index (χ0) is 16.1. The molecule has 0 radical (unpaired) electrons. The van der Waals surface area contributed by atoms with Crippen molar-refractivity contribution in [2.24, 2.45) is 0 Å². The largest absolute Gasteiger partial charge is 0.395 e. The van der Waals surface area contributed by atoms with Crippen molar-refractivity contribution in [2.75, 3.05) is 13.2 Å². The Labute approximate surface area is 138 Å². The van der Waals surface area contributed by atoms with Gasteiger partial charge < -0.3 is 10.4 Å². The van der Waals surface area contributed by atoms with Gasteiger partial charge in [0, 0.05) is 25.2 Å². The normalized spacial score (nSPS) is 21.1. The van der Waals surface area contributed by atoms with Gasteiger partial charge in [0.15, 0.2) is 0 Å². The highest BCUT2D eigenvalue weighted by Crippen LogP contribution is 2.25. The van der Waals surface area contributed by atoms with E-state index in [1.807, 2.05) is 12.1 Å². The molecule has 2 aliphatic rings. The van der Waals surface area contributed by atoms with Gasteiger partial charge in [-0.2, -0.15) is 0 Å². The van der Waals surface area contributed by atoms with Gasteiger partial charge in [0.2, 0.25) is 5.91 Å². The molecule has 1 amide bonds. The molecule has 1 unspecified atom stereocenters. The summed E-state index contributed by atoms with van der Waals surface area (Å²) in [7, 11) is 0. The van der Waals surface area contributed by atoms with Gasteiger partial charge in [0.25, 0.3) is 0 Å². The van der Waals surface area contributed by atoms with Gasteiger partial charge in [0.05, 0.1) is 6.61 Å². The van der Waals surface area contributed by atoms with Gasteiger partial charge in [-0.25, -0.2) is 0 Å². The van der Waals surface area contributed by atoms with E-state index in [0.717, 1.165) is 44.3 Å². The average Bonchev–Trinajstić information content (AvgIpc) is 2.97. The number of aliphatic hydroxyl groups excluding tert-OH is 1. The fourth-order valence-electron chi connectivity index (χ4n) is 3.36. The van der Waals surface area contributed by atoms with Crippen LogP contribution in [0.3, 0.4) is 0 Å². The van der Waals surface area contributed by atoms with Crippen molar-refractivity contribution in [3.05, 3.63) is 47.0 Å². The molecule has 4 heteroatoms. The van der Waals surface area contributed by atoms with Crippen LogP contribution in [0.2, 0.25) is 0 Å². The van der Waals surface area contributed by atoms with E-state index in [4.69, 9.17) is 0 Å². The number of likely N-dealkylation sites (tertiary alicyclic amines) is 1. The molecule has 0 bridgehead atoms. The van der Waals surface area contributed by atoms with Crippen molar-refractivity contribution < 1.29 is 9.90 Å². The minimum Gasteiger partial charge on any atom is -0.395 e. The Bertz CT molecular complexity index is 576. The number of rotatable bonds is 6. The maximum Gasteiger partial charge on any atom is 0.244 e. The topological polar surface area (TPSA) is 52.6 Å². The van der Waals surface area contributed by atoms with E-state index < -0.39 is 0 Å². The maximum absolute atomic E-state index is 11.9. The van der Waals surface area contributed by atoms with Gasteiger partial charge in [-0.1, -0.05) is 29.8 Å². The van der Waals surface area contributed by atoms with Crippen molar-refractivity contribution in [1.82, 2.24) is 10.2 Å². The van der Waals surface area contributed by atoms with Crippen molar-refractivity contribution in [3.8, 4) is 0 Å². The van der Waals surface area contributed by atoms with E-state index in [2.05, 4.69) is 22.3 Å². The first kappa shape index (κ1) is 16.2. The van der Waals surface area contributed by atoms with Crippen molar-refractivity contribution in [2.45, 2.75) is 51.2 Å². The van der Waals surface area contributed by atoms with Crippen LogP contribution in [0.5, 0.6) is 0 Å². The lowest BCUT2D eigenvalue weighted by Crippen LogP contribution is -2.32. The highest BCUT2D eigenvalue weighted by Gasteiger charge is 2.24. The molecule has 124 valence electrons. The number of hydrogen-bond donors (Lipinski definition) is 2. The second kappa shape index (κ2) is 7.75. The van der Waals surface area contributed by atoms with Crippen molar-refractivity contribution in [3.63, 3.8) is 0 Å². The molecular formula is C19H26N2O2. The van der Waals surface area contributed by atoms with Crippen LogP contribution in [-0.2, 0) is 17.9 Å². The predicted octanol–water partition coefficient (Wildman–Crippen LogP) is 2.37. The number of hydrogen-bond acceptors (Lipinski definition) is 3. The highest BCUT2D eigenvalue weighted by molar-refractivity contribution is 5.88. The highest BCUT2D eigenvalue weighted by atomic mass is 16.3. The number of benzene rings is 1. The van der Waals surface area contributed by atoms with Crippen LogP contribution in [0.25, 0.3) is 0 Å². The summed E-state index contributed by atoms with van der Waals surface area (Å²) in [6.07, 6.45) is 7.34. The lowest BCUT2D eigenvalue weighted by Gasteiger charge is -2.24. The second-order valence-corrected chi connectivity index (χ2v) is 6.59. The molecule has 1 aliphatic carbocycles. The second-order valence-electron chi connectivity index (χ2n) is 6.59. The lowest BCUT2D eigenvalue weighted by molar-refractivity contribution is -0.116. The Morgan fingerprint density at radius 2 is 2.04 bits per heavy atom. The Hall–Kier alpha value is -1.65. The molecule has 1 atom stereocenters. The van der Waals surface area contributed by atoms with E-state index >= 15 is 0 Å². The summed E-state index contributed by atoms with van der Waals surface area (Å²) in [4.78, 5) is 14.3. The van der Waals surface area contributed by atoms with E-state index in [9.17, 15) is 9.90 Å². The first-order chi connectivity index (χ1) is 11.3. The van der Waals surface area contributed by atoms with Crippen LogP contribution in [0.1, 0.15) is 43.2 Å². The number of nitrogens with one attached hydrogen (secondary N) is 1. The molecule has 0 aromatic heterocycles. The summed E-state index contributed by atoms with van der Waals surface area (Å²) >= 11 is 0. The molecule has 3 rings (SSSR count). The molecule has 1 aromatic rings. The number of aliphatic hydroxyl groups is 1. The average molecular weight is 314 g/mol. The molecule has 2 N–H and O–H groups in total. The van der Waals surface area contributed by atoms with E-state index in [-0.39, 0.29) is 18.6 Å². The van der Waals surface area contributed by atoms with E-state index in [1.54, 1.807) is 6.08 Å². The van der Waals surface area contributed by atoms with Crippen molar-refractivity contribution >= 4 is 5.91 Å². The Morgan fingerprint density at radius 3 is 2.74 bits per heavy atom. The molecule has 1 aromatic carbocycles. The van der Waals surface area contributed by atoms with Crippen LogP contribution >= 0.6 is 0 Å². The quantitative estimate of drug-likeness (QED) is 0.793. The molecule has 1 aliphatic heterocycles. The van der Waals surface area contributed by atoms with Crippen LogP contribution in [0, 0.1) is 0 Å². The summed E-state index contributed by atoms with van der Waals surface area (Å²) in [5, 5.41) is 12.5. The first-order valence-corrected chi connectivity index (χ1v) is 8.65. The fourth-order valence-corrected chi connectivity index (χ4v) is 3.36. The van der Waals surface area contributed by atoms with Gasteiger partial charge in [0.1, 0.15) is 0 Å². The lowest BCUT2D eigenvalue weighted by atomic mass is 9.92. The van der Waals surface area contributed by atoms with Crippen molar-refractivity contribution in [1.29, 1.82) is 0 Å². The molecule has 0 spiro atoms. The number of carbonyl (C=O) groups excluding carboxylic acids is 1. The molecule has 4 nitrogen and oxygen atoms in total. The monoisotopic (exact) mass is 314 g/mol. The van der Waals surface area contributed by atoms with Gasteiger partial charge in [-0.3, -0.25) is 9.69 Å². The number of carbonyl (C=O) groups is 1. The number of allylic oxidation sites excluding steroid dienone is 1. The van der Waals surface area contributed by atoms with Gasteiger partial charge >= 0.3 is 0 Å². The zero-order valence-electron chi connectivity index (χ0n) is 13.6. The van der Waals surface area contributed by atoms with Gasteiger partial charge in [-0.05, 0) is 49.8 Å². The molecule has 2 fully saturated rings. The summed E-state index contributed by atoms with van der Waals surface area (Å²) in [6.45, 7) is 2.68. The molecule has 1 saturated carbocycles. The van der Waals surface area contributed by atoms with Crippen LogP contribution in [0.4, 0.5) is 0 Å². The third kappa shape index (κ3) is 4.21. The van der Waals surface area contributed by atoms with Gasteiger partial charge in [-0.15, -0.1) is 0 Å². The first-order valence-electron chi connectivity index (χ1n) is 8.65. The Kier molecular flexibility index (Phi) is 5.47. The maximum atomic E-state index is 11.9.